The fourth-order valence-electron chi connectivity index (χ4n) is 4.41. The summed E-state index contributed by atoms with van der Waals surface area (Å²) in [7, 11) is 1.50. The largest absolute Gasteiger partial charge is 0.460 e. The van der Waals surface area contributed by atoms with E-state index in [4.69, 9.17) is 32.7 Å². The minimum Gasteiger partial charge on any atom is -0.460 e. The highest BCUT2D eigenvalue weighted by molar-refractivity contribution is 6.35. The lowest BCUT2D eigenvalue weighted by Gasteiger charge is -2.40. The molecule has 0 spiro atoms. The number of carbonyl (C=O) groups is 3. The molecule has 1 aliphatic heterocycles. The third-order valence-electron chi connectivity index (χ3n) is 6.33. The number of esters is 1. The van der Waals surface area contributed by atoms with Gasteiger partial charge in [0, 0.05) is 54.0 Å². The maximum atomic E-state index is 13.8. The minimum atomic E-state index is -0.702. The summed E-state index contributed by atoms with van der Waals surface area (Å²) < 4.78 is 10.3. The van der Waals surface area contributed by atoms with Crippen LogP contribution in [0.5, 0.6) is 0 Å². The molecule has 4 rings (SSSR count). The van der Waals surface area contributed by atoms with Crippen LogP contribution in [0.15, 0.2) is 48.5 Å². The lowest BCUT2D eigenvalue weighted by Crippen LogP contribution is -2.55. The Bertz CT molecular complexity index is 1370. The van der Waals surface area contributed by atoms with E-state index in [1.807, 2.05) is 37.3 Å². The van der Waals surface area contributed by atoms with Gasteiger partial charge in [-0.05, 0) is 32.0 Å². The summed E-state index contributed by atoms with van der Waals surface area (Å²) in [5.74, 6) is -1.05. The van der Waals surface area contributed by atoms with Crippen molar-refractivity contribution < 1.29 is 23.9 Å². The second-order valence-corrected chi connectivity index (χ2v) is 9.98. The van der Waals surface area contributed by atoms with Crippen molar-refractivity contribution in [2.45, 2.75) is 19.9 Å². The van der Waals surface area contributed by atoms with E-state index in [0.29, 0.717) is 32.7 Å². The number of amides is 2. The van der Waals surface area contributed by atoms with E-state index >= 15 is 0 Å². The van der Waals surface area contributed by atoms with Gasteiger partial charge in [0.1, 0.15) is 17.9 Å². The van der Waals surface area contributed by atoms with Crippen molar-refractivity contribution in [2.24, 2.45) is 0 Å². The van der Waals surface area contributed by atoms with E-state index in [2.05, 4.69) is 9.97 Å². The molecule has 3 aromatic rings. The maximum absolute atomic E-state index is 13.8. The number of rotatable bonds is 7. The van der Waals surface area contributed by atoms with E-state index in [9.17, 15) is 14.4 Å². The van der Waals surface area contributed by atoms with Gasteiger partial charge < -0.3 is 19.3 Å². The molecule has 1 atom stereocenters. The Labute approximate surface area is 236 Å². The predicted molar refractivity (Wildman–Crippen MR) is 147 cm³/mol. The summed E-state index contributed by atoms with van der Waals surface area (Å²) in [4.78, 5) is 52.3. The molecular weight excluding hydrogens is 543 g/mol. The van der Waals surface area contributed by atoms with Gasteiger partial charge in [-0.2, -0.15) is 0 Å². The van der Waals surface area contributed by atoms with Crippen LogP contribution in [0.3, 0.4) is 0 Å². The smallest absolute Gasteiger partial charge is 0.342 e. The van der Waals surface area contributed by atoms with Crippen LogP contribution < -0.4 is 0 Å². The highest BCUT2D eigenvalue weighted by Gasteiger charge is 2.34. The van der Waals surface area contributed by atoms with Gasteiger partial charge in [0.05, 0.1) is 12.3 Å². The SMILES string of the molecule is COCCOC(=O)c1c(C)nc(-c2ccccc2)nc1C(=O)N1CCN(C(=O)c2cc(Cl)cc(Cl)c2)C(C)C1. The van der Waals surface area contributed by atoms with Gasteiger partial charge in [0.25, 0.3) is 11.8 Å². The topological polar surface area (TPSA) is 102 Å². The Morgan fingerprint density at radius 1 is 0.974 bits per heavy atom. The second-order valence-electron chi connectivity index (χ2n) is 9.11. The van der Waals surface area contributed by atoms with E-state index in [-0.39, 0.29) is 56.1 Å². The molecule has 0 N–H and O–H groups in total. The molecule has 1 unspecified atom stereocenters. The Hall–Kier alpha value is -3.53. The highest BCUT2D eigenvalue weighted by Crippen LogP contribution is 2.25. The molecule has 11 heteroatoms. The second kappa shape index (κ2) is 12.5. The van der Waals surface area contributed by atoms with E-state index in [1.165, 1.54) is 7.11 Å². The van der Waals surface area contributed by atoms with Crippen LogP contribution in [-0.4, -0.2) is 83.6 Å². The quantitative estimate of drug-likeness (QED) is 0.303. The van der Waals surface area contributed by atoms with E-state index in [0.717, 1.165) is 0 Å². The van der Waals surface area contributed by atoms with Gasteiger partial charge in [0.2, 0.25) is 0 Å². The average Bonchev–Trinajstić information content (AvgIpc) is 2.91. The standard InChI is InChI=1S/C28H28Cl2N4O5/c1-17-16-33(9-10-34(17)26(35)20-13-21(29)15-22(30)14-20)27(36)24-23(28(37)39-12-11-38-3)18(2)31-25(32-24)19-7-5-4-6-8-19/h4-8,13-15,17H,9-12,16H2,1-3H3. The summed E-state index contributed by atoms with van der Waals surface area (Å²) in [6, 6.07) is 13.6. The van der Waals surface area contributed by atoms with Crippen LogP contribution in [0.25, 0.3) is 11.4 Å². The first kappa shape index (κ1) is 28.5. The number of hydrogen-bond acceptors (Lipinski definition) is 7. The van der Waals surface area contributed by atoms with Crippen molar-refractivity contribution in [3.8, 4) is 11.4 Å². The lowest BCUT2D eigenvalue weighted by atomic mass is 10.1. The number of benzene rings is 2. The number of carbonyl (C=O) groups excluding carboxylic acids is 3. The molecular formula is C28H28Cl2N4O5. The Morgan fingerprint density at radius 3 is 2.31 bits per heavy atom. The molecule has 0 bridgehead atoms. The molecule has 1 aromatic heterocycles. The van der Waals surface area contributed by atoms with Gasteiger partial charge in [-0.1, -0.05) is 53.5 Å². The zero-order chi connectivity index (χ0) is 28.1. The van der Waals surface area contributed by atoms with Gasteiger partial charge >= 0.3 is 5.97 Å². The molecule has 0 saturated carbocycles. The lowest BCUT2D eigenvalue weighted by molar-refractivity contribution is 0.0369. The molecule has 2 heterocycles. The van der Waals surface area contributed by atoms with Crippen LogP contribution in [0.2, 0.25) is 10.0 Å². The number of aryl methyl sites for hydroxylation is 1. The van der Waals surface area contributed by atoms with Crippen LogP contribution >= 0.6 is 23.2 Å². The van der Waals surface area contributed by atoms with E-state index in [1.54, 1.807) is 34.9 Å². The zero-order valence-corrected chi connectivity index (χ0v) is 23.3. The van der Waals surface area contributed by atoms with Crippen molar-refractivity contribution >= 4 is 41.0 Å². The van der Waals surface area contributed by atoms with Crippen LogP contribution in [0.4, 0.5) is 0 Å². The van der Waals surface area contributed by atoms with Gasteiger partial charge in [-0.3, -0.25) is 9.59 Å². The molecule has 204 valence electrons. The first-order valence-electron chi connectivity index (χ1n) is 12.4. The Kier molecular flexibility index (Phi) is 9.16. The minimum absolute atomic E-state index is 0.00973. The molecule has 9 nitrogen and oxygen atoms in total. The van der Waals surface area contributed by atoms with E-state index < -0.39 is 11.9 Å². The normalized spacial score (nSPS) is 15.3. The number of aromatic nitrogens is 2. The number of methoxy groups -OCH3 is 1. The van der Waals surface area contributed by atoms with Crippen LogP contribution in [0.1, 0.15) is 43.8 Å². The zero-order valence-electron chi connectivity index (χ0n) is 21.8. The van der Waals surface area contributed by atoms with Crippen molar-refractivity contribution in [2.75, 3.05) is 40.0 Å². The summed E-state index contributed by atoms with van der Waals surface area (Å²) in [5.41, 5.74) is 1.37. The van der Waals surface area contributed by atoms with Gasteiger partial charge in [0.15, 0.2) is 5.82 Å². The number of nitrogens with zero attached hydrogens (tertiary/aromatic N) is 4. The number of ether oxygens (including phenoxy) is 2. The highest BCUT2D eigenvalue weighted by atomic mass is 35.5. The first-order chi connectivity index (χ1) is 18.7. The summed E-state index contributed by atoms with van der Waals surface area (Å²) in [6.07, 6.45) is 0. The van der Waals surface area contributed by atoms with Crippen LogP contribution in [0, 0.1) is 6.92 Å². The van der Waals surface area contributed by atoms with Crippen molar-refractivity contribution in [3.05, 3.63) is 81.1 Å². The molecule has 2 aromatic carbocycles. The molecule has 1 fully saturated rings. The Balaban J connectivity index is 1.62. The third-order valence-corrected chi connectivity index (χ3v) is 6.77. The van der Waals surface area contributed by atoms with Crippen LogP contribution in [-0.2, 0) is 9.47 Å². The maximum Gasteiger partial charge on any atom is 0.342 e. The van der Waals surface area contributed by atoms with Gasteiger partial charge in [-0.25, -0.2) is 14.8 Å². The fraction of sp³-hybridized carbons (Fsp3) is 0.321. The summed E-state index contributed by atoms with van der Waals surface area (Å²) in [6.45, 7) is 4.48. The average molecular weight is 571 g/mol. The monoisotopic (exact) mass is 570 g/mol. The van der Waals surface area contributed by atoms with Crippen molar-refractivity contribution in [1.29, 1.82) is 0 Å². The number of piperazine rings is 1. The molecule has 1 saturated heterocycles. The molecule has 0 radical (unpaired) electrons. The van der Waals surface area contributed by atoms with Gasteiger partial charge in [-0.15, -0.1) is 0 Å². The molecule has 2 amide bonds. The fourth-order valence-corrected chi connectivity index (χ4v) is 4.94. The van der Waals surface area contributed by atoms with Crippen molar-refractivity contribution in [3.63, 3.8) is 0 Å². The molecule has 39 heavy (non-hydrogen) atoms. The number of hydrogen-bond donors (Lipinski definition) is 0. The summed E-state index contributed by atoms with van der Waals surface area (Å²) in [5, 5.41) is 0.733. The molecule has 0 aliphatic carbocycles. The third kappa shape index (κ3) is 6.55. The Morgan fingerprint density at radius 2 is 1.67 bits per heavy atom. The molecule has 1 aliphatic rings. The van der Waals surface area contributed by atoms with Crippen molar-refractivity contribution in [1.82, 2.24) is 19.8 Å². The predicted octanol–water partition coefficient (Wildman–Crippen LogP) is 4.55. The first-order valence-corrected chi connectivity index (χ1v) is 13.1. The number of halogens is 2. The summed E-state index contributed by atoms with van der Waals surface area (Å²) >= 11 is 12.2.